The molecule has 1 N–H and O–H groups in total. The lowest BCUT2D eigenvalue weighted by Crippen LogP contribution is -2.61. The Morgan fingerprint density at radius 1 is 1.06 bits per heavy atom. The molecule has 0 radical (unpaired) electrons. The molecule has 6 rings (SSSR count). The molecule has 8 heteroatoms. The summed E-state index contributed by atoms with van der Waals surface area (Å²) in [6, 6.07) is 0.487. The Morgan fingerprint density at radius 3 is 2.28 bits per heavy atom. The number of amides is 1. The zero-order valence-corrected chi connectivity index (χ0v) is 19.3. The fourth-order valence-electron chi connectivity index (χ4n) is 6.55. The summed E-state index contributed by atoms with van der Waals surface area (Å²) in [4.78, 5) is 20.1. The van der Waals surface area contributed by atoms with Crippen molar-refractivity contribution in [3.05, 3.63) is 11.7 Å². The van der Waals surface area contributed by atoms with Crippen LogP contribution in [-0.2, 0) is 10.2 Å². The lowest BCUT2D eigenvalue weighted by molar-refractivity contribution is -0.139. The van der Waals surface area contributed by atoms with E-state index in [4.69, 9.17) is 9.51 Å². The van der Waals surface area contributed by atoms with Crippen molar-refractivity contribution in [2.75, 3.05) is 13.1 Å². The van der Waals surface area contributed by atoms with Crippen molar-refractivity contribution in [2.24, 2.45) is 11.8 Å². The van der Waals surface area contributed by atoms with Crippen molar-refractivity contribution < 1.29 is 18.1 Å². The summed E-state index contributed by atoms with van der Waals surface area (Å²) in [6.45, 7) is 5.75. The number of carbonyl (C=O) groups excluding carboxylic acids is 1. The molecular weight excluding hydrogens is 414 g/mol. The average molecular weight is 451 g/mol. The predicted molar refractivity (Wildman–Crippen MR) is 115 cm³/mol. The highest BCUT2D eigenvalue weighted by Gasteiger charge is 2.47. The molecular formula is C24H36F2N4O2. The van der Waals surface area contributed by atoms with E-state index in [1.807, 2.05) is 4.90 Å². The molecule has 32 heavy (non-hydrogen) atoms. The van der Waals surface area contributed by atoms with Gasteiger partial charge in [0.25, 0.3) is 0 Å². The maximum Gasteiger partial charge on any atom is 0.248 e. The van der Waals surface area contributed by atoms with Gasteiger partial charge in [-0.25, -0.2) is 8.78 Å². The van der Waals surface area contributed by atoms with Crippen molar-refractivity contribution in [2.45, 2.75) is 107 Å². The standard InChI is InChI=1S/C24H36F2N4O2/c1-15(2)23(22-28-20(32-29-22)17-7-9-24(25,26)10-8-17)11-13-30(14-12-23)21(31)19-16-3-5-18(27-19)6-4-16/h15-19,27H,3-14H2,1-2H3/t16?,18?,19-/m0/s1. The van der Waals surface area contributed by atoms with Crippen LogP contribution >= 0.6 is 0 Å². The average Bonchev–Trinajstić information content (AvgIpc) is 3.30. The van der Waals surface area contributed by atoms with Gasteiger partial charge in [-0.15, -0.1) is 0 Å². The molecule has 1 amide bonds. The molecule has 0 spiro atoms. The third-order valence-electron chi connectivity index (χ3n) is 8.95. The van der Waals surface area contributed by atoms with Gasteiger partial charge >= 0.3 is 0 Å². The van der Waals surface area contributed by atoms with E-state index in [0.29, 0.717) is 55.5 Å². The molecule has 2 bridgehead atoms. The number of likely N-dealkylation sites (tertiary alicyclic amines) is 1. The minimum absolute atomic E-state index is 0.0183. The number of piperidine rings is 3. The van der Waals surface area contributed by atoms with Crippen LogP contribution < -0.4 is 5.32 Å². The summed E-state index contributed by atoms with van der Waals surface area (Å²) in [5.74, 6) is -0.400. The van der Waals surface area contributed by atoms with E-state index in [0.717, 1.165) is 25.7 Å². The van der Waals surface area contributed by atoms with Gasteiger partial charge in [-0.3, -0.25) is 4.79 Å². The fraction of sp³-hybridized carbons (Fsp3) is 0.875. The van der Waals surface area contributed by atoms with Crippen LogP contribution in [0.3, 0.4) is 0 Å². The van der Waals surface area contributed by atoms with Crippen LogP contribution in [0, 0.1) is 11.8 Å². The zero-order valence-electron chi connectivity index (χ0n) is 19.3. The largest absolute Gasteiger partial charge is 0.341 e. The highest BCUT2D eigenvalue weighted by Crippen LogP contribution is 2.44. The lowest BCUT2D eigenvalue weighted by atomic mass is 9.69. The highest BCUT2D eigenvalue weighted by molar-refractivity contribution is 5.82. The van der Waals surface area contributed by atoms with Crippen molar-refractivity contribution in [3.8, 4) is 0 Å². The molecule has 2 saturated carbocycles. The van der Waals surface area contributed by atoms with Crippen molar-refractivity contribution in [1.82, 2.24) is 20.4 Å². The number of carbonyl (C=O) groups is 1. The zero-order chi connectivity index (χ0) is 22.5. The van der Waals surface area contributed by atoms with Gasteiger partial charge < -0.3 is 14.7 Å². The Labute approximate surface area is 188 Å². The summed E-state index contributed by atoms with van der Waals surface area (Å²) >= 11 is 0. The molecule has 6 nitrogen and oxygen atoms in total. The van der Waals surface area contributed by atoms with Crippen LogP contribution in [0.1, 0.15) is 95.7 Å². The molecule has 1 aromatic heterocycles. The van der Waals surface area contributed by atoms with E-state index in [1.165, 1.54) is 12.8 Å². The van der Waals surface area contributed by atoms with E-state index in [9.17, 15) is 13.6 Å². The third-order valence-corrected chi connectivity index (χ3v) is 8.95. The van der Waals surface area contributed by atoms with E-state index < -0.39 is 5.92 Å². The Kier molecular flexibility index (Phi) is 5.79. The summed E-state index contributed by atoms with van der Waals surface area (Å²) in [5, 5.41) is 7.93. The SMILES string of the molecule is CC(C)C1(c2noc(C3CCC(F)(F)CC3)n2)CCN(C(=O)[C@H]2NC3CCC2CC3)CC1. The molecule has 2 aliphatic carbocycles. The number of hydrogen-bond donors (Lipinski definition) is 1. The molecule has 0 aromatic carbocycles. The number of rotatable bonds is 4. The molecule has 5 fully saturated rings. The second-order valence-electron chi connectivity index (χ2n) is 11.0. The van der Waals surface area contributed by atoms with Crippen LogP contribution in [0.15, 0.2) is 4.52 Å². The van der Waals surface area contributed by atoms with Gasteiger partial charge in [0, 0.05) is 43.3 Å². The highest BCUT2D eigenvalue weighted by atomic mass is 19.3. The Hall–Kier alpha value is -1.57. The second-order valence-corrected chi connectivity index (χ2v) is 11.0. The molecule has 5 aliphatic rings. The Morgan fingerprint density at radius 2 is 1.72 bits per heavy atom. The first-order valence-electron chi connectivity index (χ1n) is 12.5. The van der Waals surface area contributed by atoms with Crippen LogP contribution in [-0.4, -0.2) is 52.0 Å². The van der Waals surface area contributed by atoms with Gasteiger partial charge in [-0.2, -0.15) is 4.98 Å². The minimum Gasteiger partial charge on any atom is -0.341 e. The van der Waals surface area contributed by atoms with E-state index in [1.54, 1.807) is 0 Å². The first-order chi connectivity index (χ1) is 15.3. The summed E-state index contributed by atoms with van der Waals surface area (Å²) in [6.07, 6.45) is 6.89. The molecule has 3 saturated heterocycles. The fourth-order valence-corrected chi connectivity index (χ4v) is 6.55. The maximum absolute atomic E-state index is 13.5. The second kappa shape index (κ2) is 8.33. The first kappa shape index (κ1) is 22.2. The van der Waals surface area contributed by atoms with Crippen LogP contribution in [0.25, 0.3) is 0 Å². The van der Waals surface area contributed by atoms with Gasteiger partial charge in [-0.1, -0.05) is 19.0 Å². The normalized spacial score (nSPS) is 32.4. The van der Waals surface area contributed by atoms with Crippen molar-refractivity contribution in [1.29, 1.82) is 0 Å². The van der Waals surface area contributed by atoms with E-state index in [2.05, 4.69) is 24.3 Å². The number of fused-ring (bicyclic) bond motifs is 3. The van der Waals surface area contributed by atoms with Crippen molar-refractivity contribution in [3.63, 3.8) is 0 Å². The summed E-state index contributed by atoms with van der Waals surface area (Å²) in [5.41, 5.74) is -0.240. The molecule has 178 valence electrons. The summed E-state index contributed by atoms with van der Waals surface area (Å²) < 4.78 is 32.7. The topological polar surface area (TPSA) is 71.3 Å². The molecule has 1 aromatic rings. The quantitative estimate of drug-likeness (QED) is 0.736. The third kappa shape index (κ3) is 3.97. The van der Waals surface area contributed by atoms with E-state index in [-0.39, 0.29) is 36.1 Å². The van der Waals surface area contributed by atoms with Crippen LogP contribution in [0.2, 0.25) is 0 Å². The molecule has 0 unspecified atom stereocenters. The maximum atomic E-state index is 13.5. The lowest BCUT2D eigenvalue weighted by Gasteiger charge is -2.47. The number of nitrogens with one attached hydrogen (secondary N) is 1. The predicted octanol–water partition coefficient (Wildman–Crippen LogP) is 4.41. The number of nitrogens with zero attached hydrogens (tertiary/aromatic N) is 3. The molecule has 1 atom stereocenters. The van der Waals surface area contributed by atoms with Crippen molar-refractivity contribution >= 4 is 5.91 Å². The number of hydrogen-bond acceptors (Lipinski definition) is 5. The van der Waals surface area contributed by atoms with Crippen LogP contribution in [0.4, 0.5) is 8.78 Å². The minimum atomic E-state index is -2.56. The smallest absolute Gasteiger partial charge is 0.248 e. The van der Waals surface area contributed by atoms with Gasteiger partial charge in [0.1, 0.15) is 0 Å². The molecule has 4 heterocycles. The van der Waals surface area contributed by atoms with Gasteiger partial charge in [0.05, 0.1) is 6.04 Å². The molecule has 3 aliphatic heterocycles. The van der Waals surface area contributed by atoms with E-state index >= 15 is 0 Å². The Bertz CT molecular complexity index is 816. The van der Waals surface area contributed by atoms with Crippen LogP contribution in [0.5, 0.6) is 0 Å². The van der Waals surface area contributed by atoms with Gasteiger partial charge in [0.2, 0.25) is 17.7 Å². The number of alkyl halides is 2. The number of halogens is 2. The first-order valence-corrected chi connectivity index (χ1v) is 12.5. The van der Waals surface area contributed by atoms with Gasteiger partial charge in [0.15, 0.2) is 5.82 Å². The Balaban J connectivity index is 1.26. The summed E-state index contributed by atoms with van der Waals surface area (Å²) in [7, 11) is 0. The monoisotopic (exact) mass is 450 g/mol. The number of aromatic nitrogens is 2. The van der Waals surface area contributed by atoms with Gasteiger partial charge in [-0.05, 0) is 63.2 Å².